The minimum atomic E-state index is -0.0353. The van der Waals surface area contributed by atoms with Gasteiger partial charge in [-0.2, -0.15) is 4.37 Å². The van der Waals surface area contributed by atoms with Crippen LogP contribution in [-0.4, -0.2) is 28.4 Å². The maximum absolute atomic E-state index is 12.8. The highest BCUT2D eigenvalue weighted by Gasteiger charge is 2.27. The monoisotopic (exact) mass is 406 g/mol. The highest BCUT2D eigenvalue weighted by Crippen LogP contribution is 2.26. The fourth-order valence-electron chi connectivity index (χ4n) is 3.65. The number of aromatic nitrogens is 2. The largest absolute Gasteiger partial charge is 0.346 e. The van der Waals surface area contributed by atoms with Crippen molar-refractivity contribution in [2.45, 2.75) is 33.1 Å². The van der Waals surface area contributed by atoms with Crippen LogP contribution in [0.15, 0.2) is 48.5 Å². The molecule has 1 N–H and O–H groups in total. The molecule has 29 heavy (non-hydrogen) atoms. The first-order valence-corrected chi connectivity index (χ1v) is 10.9. The lowest BCUT2D eigenvalue weighted by Gasteiger charge is -2.31. The number of anilines is 2. The third kappa shape index (κ3) is 4.82. The Labute approximate surface area is 176 Å². The smallest absolute Gasteiger partial charge is 0.229 e. The van der Waals surface area contributed by atoms with Crippen molar-refractivity contribution in [3.05, 3.63) is 71.0 Å². The number of hydrogen-bond donors (Lipinski definition) is 1. The molecule has 0 unspecified atom stereocenters. The number of amides is 1. The standard InChI is InChI=1S/C23H26N4OS/c1-16-10-11-20(13-17(16)2)24-22(28)19-9-6-12-27(15-19)23-25-21(26-29-23)14-18-7-4-3-5-8-18/h3-5,7-8,10-11,13,19H,6,9,12,14-15H2,1-2H3,(H,24,28)/t19-/m0/s1. The molecular formula is C23H26N4OS. The van der Waals surface area contributed by atoms with Crippen LogP contribution in [0.5, 0.6) is 0 Å². The minimum absolute atomic E-state index is 0.0353. The number of nitrogens with one attached hydrogen (secondary N) is 1. The predicted molar refractivity (Wildman–Crippen MR) is 119 cm³/mol. The summed E-state index contributed by atoms with van der Waals surface area (Å²) in [6, 6.07) is 16.3. The van der Waals surface area contributed by atoms with E-state index in [1.807, 2.05) is 36.4 Å². The first-order chi connectivity index (χ1) is 14.1. The van der Waals surface area contributed by atoms with Crippen LogP contribution in [0.25, 0.3) is 0 Å². The van der Waals surface area contributed by atoms with Gasteiger partial charge in [0.15, 0.2) is 0 Å². The Morgan fingerprint density at radius 2 is 2.00 bits per heavy atom. The Morgan fingerprint density at radius 1 is 1.17 bits per heavy atom. The molecule has 2 aromatic carbocycles. The molecule has 4 rings (SSSR count). The molecule has 0 aliphatic carbocycles. The summed E-state index contributed by atoms with van der Waals surface area (Å²) >= 11 is 1.43. The molecule has 0 saturated carbocycles. The van der Waals surface area contributed by atoms with Crippen LogP contribution in [0.2, 0.25) is 0 Å². The summed E-state index contributed by atoms with van der Waals surface area (Å²) in [7, 11) is 0. The maximum Gasteiger partial charge on any atom is 0.229 e. The van der Waals surface area contributed by atoms with E-state index in [0.29, 0.717) is 6.54 Å². The average Bonchev–Trinajstić information content (AvgIpc) is 3.20. The second-order valence-electron chi connectivity index (χ2n) is 7.73. The Bertz CT molecular complexity index is 986. The molecule has 1 aromatic heterocycles. The van der Waals surface area contributed by atoms with Gasteiger partial charge < -0.3 is 10.2 Å². The third-order valence-electron chi connectivity index (χ3n) is 5.50. The van der Waals surface area contributed by atoms with Crippen LogP contribution in [0.3, 0.4) is 0 Å². The highest BCUT2D eigenvalue weighted by molar-refractivity contribution is 7.09. The molecular weight excluding hydrogens is 380 g/mol. The average molecular weight is 407 g/mol. The lowest BCUT2D eigenvalue weighted by atomic mass is 9.97. The lowest BCUT2D eigenvalue weighted by molar-refractivity contribution is -0.120. The number of hydrogen-bond acceptors (Lipinski definition) is 5. The van der Waals surface area contributed by atoms with Crippen molar-refractivity contribution in [2.75, 3.05) is 23.3 Å². The first-order valence-electron chi connectivity index (χ1n) is 10.1. The summed E-state index contributed by atoms with van der Waals surface area (Å²) in [5.74, 6) is 0.900. The molecule has 0 radical (unpaired) electrons. The van der Waals surface area contributed by atoms with Crippen LogP contribution < -0.4 is 10.2 Å². The van der Waals surface area contributed by atoms with E-state index in [1.54, 1.807) is 0 Å². The van der Waals surface area contributed by atoms with Crippen LogP contribution in [0.4, 0.5) is 10.8 Å². The first kappa shape index (κ1) is 19.6. The number of aryl methyl sites for hydroxylation is 2. The summed E-state index contributed by atoms with van der Waals surface area (Å²) in [6.45, 7) is 5.76. The number of carbonyl (C=O) groups is 1. The number of rotatable bonds is 5. The third-order valence-corrected chi connectivity index (χ3v) is 6.31. The van der Waals surface area contributed by atoms with Crippen molar-refractivity contribution in [1.29, 1.82) is 0 Å². The van der Waals surface area contributed by atoms with Crippen molar-refractivity contribution in [1.82, 2.24) is 9.36 Å². The quantitative estimate of drug-likeness (QED) is 0.673. The lowest BCUT2D eigenvalue weighted by Crippen LogP contribution is -2.40. The zero-order valence-electron chi connectivity index (χ0n) is 16.9. The van der Waals surface area contributed by atoms with Gasteiger partial charge in [0, 0.05) is 36.7 Å². The molecule has 0 bridgehead atoms. The van der Waals surface area contributed by atoms with Crippen molar-refractivity contribution in [3.63, 3.8) is 0 Å². The van der Waals surface area contributed by atoms with Crippen molar-refractivity contribution in [3.8, 4) is 0 Å². The predicted octanol–water partition coefficient (Wildman–Crippen LogP) is 4.60. The zero-order chi connectivity index (χ0) is 20.2. The molecule has 6 heteroatoms. The summed E-state index contributed by atoms with van der Waals surface area (Å²) < 4.78 is 4.53. The van der Waals surface area contributed by atoms with E-state index >= 15 is 0 Å². The van der Waals surface area contributed by atoms with E-state index in [4.69, 9.17) is 4.98 Å². The second kappa shape index (κ2) is 8.74. The van der Waals surface area contributed by atoms with Gasteiger partial charge in [-0.1, -0.05) is 36.4 Å². The minimum Gasteiger partial charge on any atom is -0.346 e. The fourth-order valence-corrected chi connectivity index (χ4v) is 4.37. The van der Waals surface area contributed by atoms with Gasteiger partial charge in [-0.05, 0) is 55.5 Å². The SMILES string of the molecule is Cc1ccc(NC(=O)[C@H]2CCCN(c3nc(Cc4ccccc4)ns3)C2)cc1C. The zero-order valence-corrected chi connectivity index (χ0v) is 17.7. The summed E-state index contributed by atoms with van der Waals surface area (Å²) in [5, 5.41) is 4.01. The molecule has 150 valence electrons. The van der Waals surface area contributed by atoms with Crippen LogP contribution in [0, 0.1) is 19.8 Å². The molecule has 0 spiro atoms. The Morgan fingerprint density at radius 3 is 2.79 bits per heavy atom. The van der Waals surface area contributed by atoms with Crippen molar-refractivity contribution < 1.29 is 4.79 Å². The number of carbonyl (C=O) groups excluding carboxylic acids is 1. The second-order valence-corrected chi connectivity index (χ2v) is 8.46. The van der Waals surface area contributed by atoms with Crippen molar-refractivity contribution in [2.24, 2.45) is 5.92 Å². The van der Waals surface area contributed by atoms with Gasteiger partial charge in [-0.3, -0.25) is 4.79 Å². The van der Waals surface area contributed by atoms with E-state index in [9.17, 15) is 4.79 Å². The molecule has 3 aromatic rings. The van der Waals surface area contributed by atoms with Gasteiger partial charge >= 0.3 is 0 Å². The summed E-state index contributed by atoms with van der Waals surface area (Å²) in [4.78, 5) is 19.8. The molecule has 2 heterocycles. The van der Waals surface area contributed by atoms with Gasteiger partial charge in [-0.15, -0.1) is 0 Å². The summed E-state index contributed by atoms with van der Waals surface area (Å²) in [6.07, 6.45) is 2.63. The topological polar surface area (TPSA) is 58.1 Å². The van der Waals surface area contributed by atoms with Gasteiger partial charge in [0.25, 0.3) is 0 Å². The normalized spacial score (nSPS) is 16.6. The van der Waals surface area contributed by atoms with Crippen molar-refractivity contribution >= 4 is 28.3 Å². The molecule has 1 amide bonds. The Kier molecular flexibility index (Phi) is 5.90. The van der Waals surface area contributed by atoms with E-state index < -0.39 is 0 Å². The summed E-state index contributed by atoms with van der Waals surface area (Å²) in [5.41, 5.74) is 4.50. The highest BCUT2D eigenvalue weighted by atomic mass is 32.1. The maximum atomic E-state index is 12.8. The van der Waals surface area contributed by atoms with Gasteiger partial charge in [-0.25, -0.2) is 4.98 Å². The number of benzene rings is 2. The molecule has 1 aliphatic rings. The van der Waals surface area contributed by atoms with E-state index in [2.05, 4.69) is 40.6 Å². The van der Waals surface area contributed by atoms with Gasteiger partial charge in [0.1, 0.15) is 5.82 Å². The molecule has 1 atom stereocenters. The molecule has 1 aliphatic heterocycles. The molecule has 1 fully saturated rings. The fraction of sp³-hybridized carbons (Fsp3) is 0.348. The Hall–Kier alpha value is -2.73. The van der Waals surface area contributed by atoms with Gasteiger partial charge in [0.2, 0.25) is 11.0 Å². The van der Waals surface area contributed by atoms with E-state index in [1.165, 1.54) is 28.2 Å². The van der Waals surface area contributed by atoms with Crippen LogP contribution >= 0.6 is 11.5 Å². The van der Waals surface area contributed by atoms with Crippen LogP contribution in [0.1, 0.15) is 35.4 Å². The number of piperidine rings is 1. The van der Waals surface area contributed by atoms with Gasteiger partial charge in [0.05, 0.1) is 5.92 Å². The Balaban J connectivity index is 1.39. The molecule has 5 nitrogen and oxygen atoms in total. The van der Waals surface area contributed by atoms with E-state index in [0.717, 1.165) is 42.5 Å². The molecule has 1 saturated heterocycles. The number of nitrogens with zero attached hydrogens (tertiary/aromatic N) is 3. The van der Waals surface area contributed by atoms with Crippen LogP contribution in [-0.2, 0) is 11.2 Å². The van der Waals surface area contributed by atoms with E-state index in [-0.39, 0.29) is 11.8 Å².